The van der Waals surface area contributed by atoms with Gasteiger partial charge in [0.2, 0.25) is 5.91 Å². The minimum Gasteiger partial charge on any atom is -0.355 e. The Morgan fingerprint density at radius 3 is 3.00 bits per heavy atom. The summed E-state index contributed by atoms with van der Waals surface area (Å²) in [5.41, 5.74) is 0. The number of aryl methyl sites for hydroxylation is 1. The number of amides is 1. The summed E-state index contributed by atoms with van der Waals surface area (Å²) in [6.45, 7) is 0.622. The molecule has 2 aromatic heterocycles. The van der Waals surface area contributed by atoms with Crippen LogP contribution in [0.3, 0.4) is 0 Å². The van der Waals surface area contributed by atoms with E-state index >= 15 is 0 Å². The maximum Gasteiger partial charge on any atom is 0.227 e. The van der Waals surface area contributed by atoms with Crippen molar-refractivity contribution in [3.63, 3.8) is 0 Å². The van der Waals surface area contributed by atoms with Crippen molar-refractivity contribution in [2.75, 3.05) is 6.54 Å². The molecule has 2 rings (SSSR count). The zero-order valence-electron chi connectivity index (χ0n) is 9.59. The van der Waals surface area contributed by atoms with Crippen LogP contribution in [0.4, 0.5) is 0 Å². The van der Waals surface area contributed by atoms with Crippen molar-refractivity contribution in [1.29, 1.82) is 0 Å². The van der Waals surface area contributed by atoms with Gasteiger partial charge < -0.3 is 9.88 Å². The van der Waals surface area contributed by atoms with E-state index < -0.39 is 0 Å². The van der Waals surface area contributed by atoms with Crippen LogP contribution < -0.4 is 5.32 Å². The number of thiazole rings is 1. The minimum absolute atomic E-state index is 0.00384. The highest BCUT2D eigenvalue weighted by Gasteiger charge is 2.06. The monoisotopic (exact) mass is 250 g/mol. The number of nitrogens with one attached hydrogen (secondary N) is 1. The molecular formula is C11H14N4OS. The van der Waals surface area contributed by atoms with Crippen molar-refractivity contribution in [1.82, 2.24) is 19.9 Å². The van der Waals surface area contributed by atoms with Crippen LogP contribution in [0.2, 0.25) is 0 Å². The summed E-state index contributed by atoms with van der Waals surface area (Å²) < 4.78 is 1.85. The Kier molecular flexibility index (Phi) is 3.87. The molecule has 0 spiro atoms. The quantitative estimate of drug-likeness (QED) is 0.853. The van der Waals surface area contributed by atoms with Crippen molar-refractivity contribution in [2.45, 2.75) is 12.8 Å². The van der Waals surface area contributed by atoms with Crippen LogP contribution in [0, 0.1) is 0 Å². The molecule has 0 bridgehead atoms. The molecule has 0 aliphatic carbocycles. The number of nitrogens with zero attached hydrogens (tertiary/aromatic N) is 3. The molecule has 0 fully saturated rings. The maximum absolute atomic E-state index is 11.6. The molecule has 0 atom stereocenters. The summed E-state index contributed by atoms with van der Waals surface area (Å²) in [6.07, 6.45) is 6.40. The number of carbonyl (C=O) groups is 1. The zero-order chi connectivity index (χ0) is 12.1. The van der Waals surface area contributed by atoms with Crippen LogP contribution in [0.25, 0.3) is 0 Å². The predicted octanol–water partition coefficient (Wildman–Crippen LogP) is 0.778. The van der Waals surface area contributed by atoms with E-state index in [9.17, 15) is 4.79 Å². The van der Waals surface area contributed by atoms with Gasteiger partial charge in [-0.2, -0.15) is 0 Å². The fourth-order valence-corrected chi connectivity index (χ4v) is 2.08. The third-order valence-corrected chi connectivity index (χ3v) is 3.22. The van der Waals surface area contributed by atoms with Gasteiger partial charge in [-0.25, -0.2) is 9.97 Å². The van der Waals surface area contributed by atoms with E-state index in [0.29, 0.717) is 13.0 Å². The molecule has 0 saturated carbocycles. The first kappa shape index (κ1) is 11.8. The number of aromatic nitrogens is 3. The number of rotatable bonds is 5. The van der Waals surface area contributed by atoms with Crippen molar-refractivity contribution in [3.05, 3.63) is 34.8 Å². The summed E-state index contributed by atoms with van der Waals surface area (Å²) in [5.74, 6) is 0.771. The Morgan fingerprint density at radius 1 is 1.47 bits per heavy atom. The van der Waals surface area contributed by atoms with E-state index in [1.165, 1.54) is 0 Å². The summed E-state index contributed by atoms with van der Waals surface area (Å²) in [4.78, 5) is 19.9. The lowest BCUT2D eigenvalue weighted by atomic mass is 10.3. The lowest BCUT2D eigenvalue weighted by Crippen LogP contribution is -2.28. The van der Waals surface area contributed by atoms with E-state index in [2.05, 4.69) is 15.3 Å². The fraction of sp³-hybridized carbons (Fsp3) is 0.364. The van der Waals surface area contributed by atoms with Crippen LogP contribution in [0.15, 0.2) is 24.0 Å². The molecule has 6 heteroatoms. The van der Waals surface area contributed by atoms with E-state index in [1.54, 1.807) is 23.7 Å². The molecule has 90 valence electrons. The Morgan fingerprint density at radius 2 is 2.35 bits per heavy atom. The Labute approximate surface area is 104 Å². The van der Waals surface area contributed by atoms with E-state index in [1.807, 2.05) is 23.2 Å². The molecule has 17 heavy (non-hydrogen) atoms. The van der Waals surface area contributed by atoms with Crippen molar-refractivity contribution in [2.24, 2.45) is 7.05 Å². The molecule has 0 saturated heterocycles. The van der Waals surface area contributed by atoms with E-state index in [0.717, 1.165) is 17.3 Å². The number of hydrogen-bond acceptors (Lipinski definition) is 4. The molecule has 2 heterocycles. The second-order valence-electron chi connectivity index (χ2n) is 3.66. The minimum atomic E-state index is -0.00384. The topological polar surface area (TPSA) is 59.8 Å². The van der Waals surface area contributed by atoms with Crippen LogP contribution in [0.5, 0.6) is 0 Å². The first-order valence-corrected chi connectivity index (χ1v) is 6.25. The lowest BCUT2D eigenvalue weighted by Gasteiger charge is -2.04. The van der Waals surface area contributed by atoms with Crippen LogP contribution in [-0.2, 0) is 24.7 Å². The van der Waals surface area contributed by atoms with Crippen molar-refractivity contribution >= 4 is 17.2 Å². The summed E-state index contributed by atoms with van der Waals surface area (Å²) in [6, 6.07) is 0. The fourth-order valence-electron chi connectivity index (χ4n) is 1.46. The second kappa shape index (κ2) is 5.58. The summed E-state index contributed by atoms with van der Waals surface area (Å²) in [5, 5.41) is 5.84. The molecule has 0 unspecified atom stereocenters. The molecule has 5 nitrogen and oxygen atoms in total. The van der Waals surface area contributed by atoms with Gasteiger partial charge in [0.1, 0.15) is 5.82 Å². The molecule has 1 N–H and O–H groups in total. The van der Waals surface area contributed by atoms with Gasteiger partial charge >= 0.3 is 0 Å². The highest BCUT2D eigenvalue weighted by molar-refractivity contribution is 7.09. The van der Waals surface area contributed by atoms with E-state index in [-0.39, 0.29) is 5.91 Å². The number of hydrogen-bond donors (Lipinski definition) is 1. The second-order valence-corrected chi connectivity index (χ2v) is 4.64. The molecule has 0 aromatic carbocycles. The SMILES string of the molecule is Cn1ccnc1CC(=O)NCCc1nccs1. The van der Waals surface area contributed by atoms with Gasteiger partial charge in [0.05, 0.1) is 11.4 Å². The van der Waals surface area contributed by atoms with Crippen LogP contribution in [0.1, 0.15) is 10.8 Å². The molecule has 2 aromatic rings. The molecular weight excluding hydrogens is 236 g/mol. The first-order valence-electron chi connectivity index (χ1n) is 5.37. The normalized spacial score (nSPS) is 10.4. The molecule has 0 radical (unpaired) electrons. The summed E-state index contributed by atoms with van der Waals surface area (Å²) >= 11 is 1.60. The van der Waals surface area contributed by atoms with Gasteiger partial charge in [-0.05, 0) is 0 Å². The maximum atomic E-state index is 11.6. The van der Waals surface area contributed by atoms with Gasteiger partial charge in [0, 0.05) is 44.0 Å². The standard InChI is InChI=1S/C11H14N4OS/c1-15-6-4-12-9(15)8-10(16)13-3-2-11-14-5-7-17-11/h4-7H,2-3,8H2,1H3,(H,13,16). The predicted molar refractivity (Wildman–Crippen MR) is 65.7 cm³/mol. The number of carbonyl (C=O) groups excluding carboxylic acids is 1. The van der Waals surface area contributed by atoms with Crippen LogP contribution in [-0.4, -0.2) is 27.0 Å². The zero-order valence-corrected chi connectivity index (χ0v) is 10.4. The molecule has 1 amide bonds. The Balaban J connectivity index is 1.73. The lowest BCUT2D eigenvalue weighted by molar-refractivity contribution is -0.120. The van der Waals surface area contributed by atoms with Gasteiger partial charge in [-0.3, -0.25) is 4.79 Å². The first-order chi connectivity index (χ1) is 8.25. The third kappa shape index (κ3) is 3.39. The average Bonchev–Trinajstić information content (AvgIpc) is 2.92. The van der Waals surface area contributed by atoms with Crippen LogP contribution >= 0.6 is 11.3 Å². The average molecular weight is 250 g/mol. The van der Waals surface area contributed by atoms with Gasteiger partial charge in [-0.1, -0.05) is 0 Å². The van der Waals surface area contributed by atoms with E-state index in [4.69, 9.17) is 0 Å². The van der Waals surface area contributed by atoms with Gasteiger partial charge in [0.25, 0.3) is 0 Å². The Hall–Kier alpha value is -1.69. The smallest absolute Gasteiger partial charge is 0.227 e. The summed E-state index contributed by atoms with van der Waals surface area (Å²) in [7, 11) is 1.88. The largest absolute Gasteiger partial charge is 0.355 e. The third-order valence-electron chi connectivity index (χ3n) is 2.38. The van der Waals surface area contributed by atoms with Crippen molar-refractivity contribution < 1.29 is 4.79 Å². The van der Waals surface area contributed by atoms with Gasteiger partial charge in [0.15, 0.2) is 0 Å². The van der Waals surface area contributed by atoms with Crippen molar-refractivity contribution in [3.8, 4) is 0 Å². The Bertz CT molecular complexity index is 477. The highest BCUT2D eigenvalue weighted by Crippen LogP contribution is 2.03. The molecule has 0 aliphatic rings. The van der Waals surface area contributed by atoms with Gasteiger partial charge in [-0.15, -0.1) is 11.3 Å². The highest BCUT2D eigenvalue weighted by atomic mass is 32.1. The molecule has 0 aliphatic heterocycles. The number of imidazole rings is 1.